The Hall–Kier alpha value is -1.20. The normalized spacial score (nSPS) is 24.2. The number of hydrogen-bond acceptors (Lipinski definition) is 5. The third-order valence-electron chi connectivity index (χ3n) is 4.12. The highest BCUT2D eigenvalue weighted by Gasteiger charge is 2.25. The lowest BCUT2D eigenvalue weighted by atomic mass is 9.96. The van der Waals surface area contributed by atoms with Gasteiger partial charge in [-0.25, -0.2) is 9.97 Å². The maximum atomic E-state index is 6.10. The summed E-state index contributed by atoms with van der Waals surface area (Å²) in [7, 11) is 0. The number of ether oxygens (including phenoxy) is 1. The van der Waals surface area contributed by atoms with E-state index in [0.717, 1.165) is 56.2 Å². The SMILES string of the molecule is CCN1CCOC(c2nc(N)c3c(n2)CCCC3)C1. The van der Waals surface area contributed by atoms with Gasteiger partial charge in [-0.3, -0.25) is 4.90 Å². The number of morpholine rings is 1. The van der Waals surface area contributed by atoms with Crippen molar-refractivity contribution in [2.75, 3.05) is 32.0 Å². The van der Waals surface area contributed by atoms with Crippen LogP contribution in [-0.2, 0) is 17.6 Å². The van der Waals surface area contributed by atoms with E-state index < -0.39 is 0 Å². The van der Waals surface area contributed by atoms with E-state index in [-0.39, 0.29) is 6.10 Å². The van der Waals surface area contributed by atoms with E-state index >= 15 is 0 Å². The summed E-state index contributed by atoms with van der Waals surface area (Å²) in [4.78, 5) is 11.6. The molecule has 1 atom stereocenters. The molecule has 1 saturated heterocycles. The number of anilines is 1. The highest BCUT2D eigenvalue weighted by atomic mass is 16.5. The van der Waals surface area contributed by atoms with Crippen LogP contribution in [-0.4, -0.2) is 41.1 Å². The molecule has 1 aliphatic heterocycles. The van der Waals surface area contributed by atoms with E-state index in [2.05, 4.69) is 16.8 Å². The van der Waals surface area contributed by atoms with Gasteiger partial charge in [-0.1, -0.05) is 6.92 Å². The van der Waals surface area contributed by atoms with Gasteiger partial charge in [-0.15, -0.1) is 0 Å². The Balaban J connectivity index is 1.86. The van der Waals surface area contributed by atoms with Crippen molar-refractivity contribution in [2.45, 2.75) is 38.7 Å². The lowest BCUT2D eigenvalue weighted by Gasteiger charge is -2.31. The average Bonchev–Trinajstić information content (AvgIpc) is 2.47. The minimum Gasteiger partial charge on any atom is -0.383 e. The Morgan fingerprint density at radius 3 is 3.00 bits per heavy atom. The summed E-state index contributed by atoms with van der Waals surface area (Å²) in [6, 6.07) is 0. The molecule has 1 aromatic rings. The van der Waals surface area contributed by atoms with E-state index in [0.29, 0.717) is 5.82 Å². The van der Waals surface area contributed by atoms with Gasteiger partial charge in [-0.05, 0) is 32.2 Å². The second kappa shape index (κ2) is 5.43. The summed E-state index contributed by atoms with van der Waals surface area (Å²) in [6.07, 6.45) is 4.43. The van der Waals surface area contributed by atoms with Gasteiger partial charge in [0.05, 0.1) is 6.61 Å². The molecular formula is C14H22N4O. The van der Waals surface area contributed by atoms with Crippen molar-refractivity contribution < 1.29 is 4.74 Å². The number of aryl methyl sites for hydroxylation is 1. The van der Waals surface area contributed by atoms with E-state index in [1.165, 1.54) is 12.8 Å². The predicted molar refractivity (Wildman–Crippen MR) is 73.9 cm³/mol. The van der Waals surface area contributed by atoms with E-state index in [9.17, 15) is 0 Å². The first-order valence-electron chi connectivity index (χ1n) is 7.27. The fourth-order valence-corrected chi connectivity index (χ4v) is 2.93. The molecule has 0 amide bonds. The summed E-state index contributed by atoms with van der Waals surface area (Å²) in [5.41, 5.74) is 8.41. The van der Waals surface area contributed by atoms with Crippen LogP contribution < -0.4 is 5.73 Å². The largest absolute Gasteiger partial charge is 0.383 e. The first-order valence-corrected chi connectivity index (χ1v) is 7.27. The van der Waals surface area contributed by atoms with Crippen molar-refractivity contribution >= 4 is 5.82 Å². The van der Waals surface area contributed by atoms with E-state index in [4.69, 9.17) is 15.5 Å². The number of nitrogens with two attached hydrogens (primary N) is 1. The highest BCUT2D eigenvalue weighted by molar-refractivity contribution is 5.43. The van der Waals surface area contributed by atoms with Crippen LogP contribution in [0.2, 0.25) is 0 Å². The zero-order valence-corrected chi connectivity index (χ0v) is 11.6. The monoisotopic (exact) mass is 262 g/mol. The van der Waals surface area contributed by atoms with Gasteiger partial charge in [0, 0.05) is 24.3 Å². The number of aromatic nitrogens is 2. The lowest BCUT2D eigenvalue weighted by molar-refractivity contribution is -0.0326. The first-order chi connectivity index (χ1) is 9.28. The molecule has 2 N–H and O–H groups in total. The number of hydrogen-bond donors (Lipinski definition) is 1. The lowest BCUT2D eigenvalue weighted by Crippen LogP contribution is -2.38. The van der Waals surface area contributed by atoms with Crippen molar-refractivity contribution in [1.82, 2.24) is 14.9 Å². The maximum Gasteiger partial charge on any atom is 0.161 e. The molecule has 0 spiro atoms. The molecule has 5 heteroatoms. The van der Waals surface area contributed by atoms with Gasteiger partial charge in [0.25, 0.3) is 0 Å². The van der Waals surface area contributed by atoms with Crippen LogP contribution in [0.4, 0.5) is 5.82 Å². The van der Waals surface area contributed by atoms with Gasteiger partial charge in [0.1, 0.15) is 11.9 Å². The topological polar surface area (TPSA) is 64.3 Å². The summed E-state index contributed by atoms with van der Waals surface area (Å²) in [5, 5.41) is 0. The third-order valence-corrected chi connectivity index (χ3v) is 4.12. The Labute approximate surface area is 114 Å². The average molecular weight is 262 g/mol. The zero-order chi connectivity index (χ0) is 13.2. The molecule has 0 radical (unpaired) electrons. The van der Waals surface area contributed by atoms with Gasteiger partial charge in [0.15, 0.2) is 5.82 Å². The van der Waals surface area contributed by atoms with Crippen LogP contribution in [0.25, 0.3) is 0 Å². The summed E-state index contributed by atoms with van der Waals surface area (Å²) in [5.74, 6) is 1.44. The van der Waals surface area contributed by atoms with Crippen LogP contribution in [0.3, 0.4) is 0 Å². The molecule has 5 nitrogen and oxygen atoms in total. The maximum absolute atomic E-state index is 6.10. The quantitative estimate of drug-likeness (QED) is 0.871. The minimum absolute atomic E-state index is 0.0248. The van der Waals surface area contributed by atoms with Crippen LogP contribution in [0.15, 0.2) is 0 Å². The molecule has 1 unspecified atom stereocenters. The van der Waals surface area contributed by atoms with Gasteiger partial charge >= 0.3 is 0 Å². The Kier molecular flexibility index (Phi) is 3.66. The fraction of sp³-hybridized carbons (Fsp3) is 0.714. The van der Waals surface area contributed by atoms with E-state index in [1.54, 1.807) is 0 Å². The zero-order valence-electron chi connectivity index (χ0n) is 11.6. The van der Waals surface area contributed by atoms with E-state index in [1.807, 2.05) is 0 Å². The molecule has 2 heterocycles. The molecule has 0 saturated carbocycles. The number of nitrogen functional groups attached to an aromatic ring is 1. The Morgan fingerprint density at radius 1 is 1.32 bits per heavy atom. The van der Waals surface area contributed by atoms with Crippen molar-refractivity contribution in [3.05, 3.63) is 17.1 Å². The molecule has 0 aromatic carbocycles. The van der Waals surface area contributed by atoms with Crippen molar-refractivity contribution in [1.29, 1.82) is 0 Å². The molecular weight excluding hydrogens is 240 g/mol. The Morgan fingerprint density at radius 2 is 2.16 bits per heavy atom. The summed E-state index contributed by atoms with van der Waals surface area (Å²) < 4.78 is 5.82. The highest BCUT2D eigenvalue weighted by Crippen LogP contribution is 2.27. The molecule has 1 aromatic heterocycles. The first kappa shape index (κ1) is 12.8. The standard InChI is InChI=1S/C14H22N4O/c1-2-18-7-8-19-12(9-18)14-16-11-6-4-3-5-10(11)13(15)17-14/h12H,2-9H2,1H3,(H2,15,16,17). The Bertz CT molecular complexity index is 463. The number of fused-ring (bicyclic) bond motifs is 1. The van der Waals surface area contributed by atoms with Gasteiger partial charge in [0.2, 0.25) is 0 Å². The smallest absolute Gasteiger partial charge is 0.161 e. The molecule has 1 aliphatic carbocycles. The van der Waals surface area contributed by atoms with Gasteiger partial charge < -0.3 is 10.5 Å². The molecule has 0 bridgehead atoms. The van der Waals surface area contributed by atoms with Crippen molar-refractivity contribution in [2.24, 2.45) is 0 Å². The molecule has 2 aliphatic rings. The number of likely N-dealkylation sites (N-methyl/N-ethyl adjacent to an activating group) is 1. The summed E-state index contributed by atoms with van der Waals surface area (Å²) >= 11 is 0. The van der Waals surface area contributed by atoms with Crippen LogP contribution >= 0.6 is 0 Å². The third kappa shape index (κ3) is 2.58. The van der Waals surface area contributed by atoms with Crippen molar-refractivity contribution in [3.63, 3.8) is 0 Å². The van der Waals surface area contributed by atoms with Crippen LogP contribution in [0.1, 0.15) is 43.0 Å². The number of rotatable bonds is 2. The number of nitrogens with zero attached hydrogens (tertiary/aromatic N) is 3. The molecule has 19 heavy (non-hydrogen) atoms. The second-order valence-corrected chi connectivity index (χ2v) is 5.35. The molecule has 3 rings (SSSR count). The van der Waals surface area contributed by atoms with Crippen LogP contribution in [0.5, 0.6) is 0 Å². The second-order valence-electron chi connectivity index (χ2n) is 5.35. The molecule has 104 valence electrons. The van der Waals surface area contributed by atoms with Gasteiger partial charge in [-0.2, -0.15) is 0 Å². The minimum atomic E-state index is -0.0248. The van der Waals surface area contributed by atoms with Crippen LogP contribution in [0, 0.1) is 0 Å². The molecule has 1 fully saturated rings. The fourth-order valence-electron chi connectivity index (χ4n) is 2.93. The predicted octanol–water partition coefficient (Wildman–Crippen LogP) is 1.33. The van der Waals surface area contributed by atoms with Crippen molar-refractivity contribution in [3.8, 4) is 0 Å². The summed E-state index contributed by atoms with van der Waals surface area (Å²) in [6.45, 7) is 5.83.